The largest absolute Gasteiger partial charge is 0.490 e. The van der Waals surface area contributed by atoms with Crippen LogP contribution >= 0.6 is 0 Å². The van der Waals surface area contributed by atoms with Crippen molar-refractivity contribution in [1.29, 1.82) is 0 Å². The third-order valence-corrected chi connectivity index (χ3v) is 6.17. The van der Waals surface area contributed by atoms with Gasteiger partial charge < -0.3 is 15.0 Å². The second-order valence-electron chi connectivity index (χ2n) is 8.39. The first-order chi connectivity index (χ1) is 13.9. The Morgan fingerprint density at radius 1 is 1.28 bits per heavy atom. The van der Waals surface area contributed by atoms with Gasteiger partial charge in [0.15, 0.2) is 11.6 Å². The van der Waals surface area contributed by atoms with Crippen molar-refractivity contribution in [1.82, 2.24) is 15.1 Å². The Bertz CT molecular complexity index is 828. The minimum Gasteiger partial charge on any atom is -0.490 e. The lowest BCUT2D eigenvalue weighted by molar-refractivity contribution is -0.140. The van der Waals surface area contributed by atoms with Gasteiger partial charge in [0, 0.05) is 19.0 Å². The van der Waals surface area contributed by atoms with Crippen LogP contribution in [-0.2, 0) is 9.59 Å². The standard InChI is InChI=1S/C21H26FN3O4/c1-21(15-8-9-15)19(27)25(20(28)23-21)12-18(26)24-10-4-5-14(11-24)13-29-17-7-3-2-6-16(17)22/h2-3,6-7,14-15H,4-5,8-13H2,1H3,(H,23,28)/t14-,21+/m1/s1. The maximum Gasteiger partial charge on any atom is 0.325 e. The molecule has 4 rings (SSSR count). The van der Waals surface area contributed by atoms with E-state index in [9.17, 15) is 18.8 Å². The highest BCUT2D eigenvalue weighted by atomic mass is 19.1. The number of ether oxygens (including phenoxy) is 1. The second kappa shape index (κ2) is 7.65. The molecular formula is C21H26FN3O4. The van der Waals surface area contributed by atoms with E-state index in [4.69, 9.17) is 4.74 Å². The maximum atomic E-state index is 13.7. The van der Waals surface area contributed by atoms with Gasteiger partial charge in [0.05, 0.1) is 6.61 Å². The molecule has 3 aliphatic rings. The molecule has 3 fully saturated rings. The van der Waals surface area contributed by atoms with Gasteiger partial charge in [0.1, 0.15) is 12.1 Å². The molecule has 1 saturated carbocycles. The molecule has 0 aromatic heterocycles. The van der Waals surface area contributed by atoms with Crippen LogP contribution in [0.15, 0.2) is 24.3 Å². The zero-order valence-electron chi connectivity index (χ0n) is 16.5. The predicted octanol–water partition coefficient (Wildman–Crippen LogP) is 2.16. The Balaban J connectivity index is 1.32. The fraction of sp³-hybridized carbons (Fsp3) is 0.571. The quantitative estimate of drug-likeness (QED) is 0.739. The Kier molecular flexibility index (Phi) is 5.19. The molecule has 2 aliphatic heterocycles. The van der Waals surface area contributed by atoms with Crippen LogP contribution in [0.5, 0.6) is 5.75 Å². The van der Waals surface area contributed by atoms with Crippen molar-refractivity contribution in [3.63, 3.8) is 0 Å². The molecule has 7 nitrogen and oxygen atoms in total. The number of hydrogen-bond donors (Lipinski definition) is 1. The van der Waals surface area contributed by atoms with E-state index in [0.29, 0.717) is 19.7 Å². The Morgan fingerprint density at radius 2 is 2.03 bits per heavy atom. The number of carbonyl (C=O) groups is 3. The Hall–Kier alpha value is -2.64. The molecular weight excluding hydrogens is 377 g/mol. The van der Waals surface area contributed by atoms with Crippen molar-refractivity contribution in [2.24, 2.45) is 11.8 Å². The molecule has 156 valence electrons. The fourth-order valence-corrected chi connectivity index (χ4v) is 4.23. The number of benzene rings is 1. The first-order valence-electron chi connectivity index (χ1n) is 10.2. The monoisotopic (exact) mass is 403 g/mol. The summed E-state index contributed by atoms with van der Waals surface area (Å²) in [5.74, 6) is -0.525. The zero-order valence-corrected chi connectivity index (χ0v) is 16.5. The number of amides is 4. The van der Waals surface area contributed by atoms with Gasteiger partial charge in [-0.05, 0) is 50.7 Å². The van der Waals surface area contributed by atoms with E-state index in [2.05, 4.69) is 5.32 Å². The van der Waals surface area contributed by atoms with Gasteiger partial charge in [-0.1, -0.05) is 12.1 Å². The van der Waals surface area contributed by atoms with Gasteiger partial charge in [-0.25, -0.2) is 9.18 Å². The van der Waals surface area contributed by atoms with Crippen LogP contribution in [0.2, 0.25) is 0 Å². The van der Waals surface area contributed by atoms with E-state index in [1.165, 1.54) is 6.07 Å². The van der Waals surface area contributed by atoms with Crippen LogP contribution in [-0.4, -0.2) is 59.4 Å². The number of likely N-dealkylation sites (tertiary alicyclic amines) is 1. The van der Waals surface area contributed by atoms with E-state index in [1.54, 1.807) is 30.0 Å². The maximum absolute atomic E-state index is 13.7. The number of halogens is 1. The minimum atomic E-state index is -0.880. The number of piperidine rings is 1. The summed E-state index contributed by atoms with van der Waals surface area (Å²) in [6.45, 7) is 2.86. The molecule has 0 bridgehead atoms. The molecule has 0 radical (unpaired) electrons. The van der Waals surface area contributed by atoms with Crippen molar-refractivity contribution >= 4 is 17.8 Å². The van der Waals surface area contributed by atoms with Crippen molar-refractivity contribution in [3.8, 4) is 5.75 Å². The third-order valence-electron chi connectivity index (χ3n) is 6.17. The molecule has 8 heteroatoms. The van der Waals surface area contributed by atoms with E-state index < -0.39 is 17.4 Å². The average molecular weight is 403 g/mol. The summed E-state index contributed by atoms with van der Waals surface area (Å²) < 4.78 is 19.3. The smallest absolute Gasteiger partial charge is 0.325 e. The number of para-hydroxylation sites is 1. The average Bonchev–Trinajstić information content (AvgIpc) is 3.53. The van der Waals surface area contributed by atoms with E-state index in [1.807, 2.05) is 0 Å². The highest BCUT2D eigenvalue weighted by Crippen LogP contribution is 2.42. The van der Waals surface area contributed by atoms with Crippen LogP contribution in [0, 0.1) is 17.7 Å². The fourth-order valence-electron chi connectivity index (χ4n) is 4.23. The topological polar surface area (TPSA) is 79.0 Å². The molecule has 4 amide bonds. The van der Waals surface area contributed by atoms with Crippen LogP contribution in [0.25, 0.3) is 0 Å². The van der Waals surface area contributed by atoms with Crippen LogP contribution < -0.4 is 10.1 Å². The van der Waals surface area contributed by atoms with Gasteiger partial charge >= 0.3 is 6.03 Å². The molecule has 1 aromatic rings. The van der Waals surface area contributed by atoms with Gasteiger partial charge in [-0.15, -0.1) is 0 Å². The second-order valence-corrected chi connectivity index (χ2v) is 8.39. The Labute approximate surface area is 169 Å². The molecule has 1 N–H and O–H groups in total. The van der Waals surface area contributed by atoms with E-state index in [-0.39, 0.29) is 35.9 Å². The third kappa shape index (κ3) is 3.93. The lowest BCUT2D eigenvalue weighted by Crippen LogP contribution is -2.49. The predicted molar refractivity (Wildman–Crippen MR) is 103 cm³/mol. The Morgan fingerprint density at radius 3 is 2.76 bits per heavy atom. The normalized spacial score (nSPS) is 27.2. The molecule has 2 heterocycles. The summed E-state index contributed by atoms with van der Waals surface area (Å²) in [5, 5.41) is 2.76. The molecule has 2 atom stereocenters. The van der Waals surface area contributed by atoms with Crippen LogP contribution in [0.1, 0.15) is 32.6 Å². The van der Waals surface area contributed by atoms with Gasteiger partial charge in [0.25, 0.3) is 5.91 Å². The lowest BCUT2D eigenvalue weighted by atomic mass is 9.96. The van der Waals surface area contributed by atoms with E-state index in [0.717, 1.165) is 30.6 Å². The van der Waals surface area contributed by atoms with Gasteiger partial charge in [-0.3, -0.25) is 14.5 Å². The van der Waals surface area contributed by atoms with Crippen molar-refractivity contribution in [3.05, 3.63) is 30.1 Å². The SMILES string of the molecule is C[C@@]1(C2CC2)NC(=O)N(CC(=O)N2CCC[C@@H](COc3ccccc3F)C2)C1=O. The summed E-state index contributed by atoms with van der Waals surface area (Å²) >= 11 is 0. The summed E-state index contributed by atoms with van der Waals surface area (Å²) in [6, 6.07) is 5.75. The molecule has 1 aliphatic carbocycles. The number of rotatable bonds is 6. The zero-order chi connectivity index (χ0) is 20.6. The molecule has 2 saturated heterocycles. The number of nitrogens with zero attached hydrogens (tertiary/aromatic N) is 2. The van der Waals surface area contributed by atoms with Crippen molar-refractivity contribution in [2.75, 3.05) is 26.2 Å². The van der Waals surface area contributed by atoms with Crippen molar-refractivity contribution < 1.29 is 23.5 Å². The highest BCUT2D eigenvalue weighted by molar-refractivity contribution is 6.09. The minimum absolute atomic E-state index is 0.0761. The summed E-state index contributed by atoms with van der Waals surface area (Å²) in [5.41, 5.74) is -0.880. The summed E-state index contributed by atoms with van der Waals surface area (Å²) in [6.07, 6.45) is 3.51. The summed E-state index contributed by atoms with van der Waals surface area (Å²) in [7, 11) is 0. The summed E-state index contributed by atoms with van der Waals surface area (Å²) in [4.78, 5) is 40.5. The van der Waals surface area contributed by atoms with Crippen LogP contribution in [0.3, 0.4) is 0 Å². The lowest BCUT2D eigenvalue weighted by Gasteiger charge is -2.33. The molecule has 29 heavy (non-hydrogen) atoms. The number of imide groups is 1. The van der Waals surface area contributed by atoms with Gasteiger partial charge in [0.2, 0.25) is 5.91 Å². The molecule has 0 spiro atoms. The molecule has 0 unspecified atom stereocenters. The number of nitrogens with one attached hydrogen (secondary N) is 1. The van der Waals surface area contributed by atoms with Crippen LogP contribution in [0.4, 0.5) is 9.18 Å². The van der Waals surface area contributed by atoms with Gasteiger partial charge in [-0.2, -0.15) is 0 Å². The highest BCUT2D eigenvalue weighted by Gasteiger charge is 2.56. The molecule has 1 aromatic carbocycles. The van der Waals surface area contributed by atoms with E-state index >= 15 is 0 Å². The first kappa shape index (κ1) is 19.7. The first-order valence-corrected chi connectivity index (χ1v) is 10.2. The number of hydrogen-bond acceptors (Lipinski definition) is 4. The van der Waals surface area contributed by atoms with Crippen molar-refractivity contribution in [2.45, 2.75) is 38.1 Å². The number of carbonyl (C=O) groups excluding carboxylic acids is 3. The number of urea groups is 1.